The first-order chi connectivity index (χ1) is 7.40. The molecule has 0 aliphatic rings. The Morgan fingerprint density at radius 1 is 1.38 bits per heavy atom. The van der Waals surface area contributed by atoms with E-state index in [0.29, 0.717) is 17.4 Å². The van der Waals surface area contributed by atoms with Crippen LogP contribution in [0.3, 0.4) is 0 Å². The Bertz CT molecular complexity index is 376. The van der Waals surface area contributed by atoms with E-state index in [1.165, 1.54) is 0 Å². The van der Waals surface area contributed by atoms with E-state index in [-0.39, 0.29) is 5.91 Å². The van der Waals surface area contributed by atoms with E-state index in [1.807, 2.05) is 39.8 Å². The number of amides is 1. The van der Waals surface area contributed by atoms with Crippen molar-refractivity contribution < 1.29 is 4.79 Å². The highest BCUT2D eigenvalue weighted by Crippen LogP contribution is 2.27. The summed E-state index contributed by atoms with van der Waals surface area (Å²) in [5.74, 6) is 0.369. The van der Waals surface area contributed by atoms with Crippen molar-refractivity contribution >= 4 is 23.2 Å². The van der Waals surface area contributed by atoms with Gasteiger partial charge in [0.25, 0.3) is 0 Å². The van der Waals surface area contributed by atoms with E-state index < -0.39 is 0 Å². The molecule has 1 rings (SSSR count). The molecule has 1 aromatic carbocycles. The molecular weight excluding hydrogens is 222 g/mol. The molecule has 0 aliphatic carbocycles. The van der Waals surface area contributed by atoms with Crippen LogP contribution in [0.4, 0.5) is 5.69 Å². The van der Waals surface area contributed by atoms with Gasteiger partial charge in [-0.3, -0.25) is 4.79 Å². The highest BCUT2D eigenvalue weighted by Gasteiger charge is 2.10. The van der Waals surface area contributed by atoms with Crippen molar-refractivity contribution in [3.63, 3.8) is 0 Å². The largest absolute Gasteiger partial charge is 0.325 e. The molecule has 3 heteroatoms. The maximum atomic E-state index is 11.6. The van der Waals surface area contributed by atoms with Crippen LogP contribution in [0.25, 0.3) is 0 Å². The Hall–Kier alpha value is -1.02. The summed E-state index contributed by atoms with van der Waals surface area (Å²) in [7, 11) is 0. The van der Waals surface area contributed by atoms with Crippen molar-refractivity contribution in [2.45, 2.75) is 34.1 Å². The highest BCUT2D eigenvalue weighted by atomic mass is 35.5. The van der Waals surface area contributed by atoms with Crippen LogP contribution >= 0.6 is 11.6 Å². The third-order valence-electron chi connectivity index (χ3n) is 2.29. The molecule has 0 aliphatic heterocycles. The third-order valence-corrected chi connectivity index (χ3v) is 2.59. The van der Waals surface area contributed by atoms with Gasteiger partial charge in [-0.25, -0.2) is 0 Å². The summed E-state index contributed by atoms with van der Waals surface area (Å²) in [4.78, 5) is 11.6. The summed E-state index contributed by atoms with van der Waals surface area (Å²) in [6.45, 7) is 7.97. The predicted octanol–water partition coefficient (Wildman–Crippen LogP) is 3.94. The number of carbonyl (C=O) groups is 1. The summed E-state index contributed by atoms with van der Waals surface area (Å²) in [5.41, 5.74) is 2.84. The molecule has 0 saturated carbocycles. The zero-order valence-corrected chi connectivity index (χ0v) is 11.0. The fourth-order valence-corrected chi connectivity index (χ4v) is 2.00. The molecule has 0 heterocycles. The van der Waals surface area contributed by atoms with Crippen LogP contribution in [0.2, 0.25) is 5.02 Å². The SMILES string of the molecule is Cc1cc(C)c(NC(=O)CC(C)C)c(Cl)c1. The standard InChI is InChI=1S/C13H18ClNO/c1-8(2)5-12(16)15-13-10(4)6-9(3)7-11(13)14/h6-8H,5H2,1-4H3,(H,15,16). The number of benzene rings is 1. The number of rotatable bonds is 3. The van der Waals surface area contributed by atoms with Crippen molar-refractivity contribution in [2.24, 2.45) is 5.92 Å². The molecule has 0 spiro atoms. The van der Waals surface area contributed by atoms with Gasteiger partial charge in [0.05, 0.1) is 10.7 Å². The number of aryl methyl sites for hydroxylation is 2. The maximum absolute atomic E-state index is 11.6. The van der Waals surface area contributed by atoms with Gasteiger partial charge in [-0.2, -0.15) is 0 Å². The lowest BCUT2D eigenvalue weighted by molar-refractivity contribution is -0.116. The average molecular weight is 240 g/mol. The van der Waals surface area contributed by atoms with Gasteiger partial charge in [0.2, 0.25) is 5.91 Å². The first-order valence-corrected chi connectivity index (χ1v) is 5.84. The minimum atomic E-state index is 0.0175. The minimum Gasteiger partial charge on any atom is -0.325 e. The molecule has 0 saturated heterocycles. The molecule has 1 N–H and O–H groups in total. The molecule has 0 radical (unpaired) electrons. The Morgan fingerprint density at radius 2 is 2.00 bits per heavy atom. The number of halogens is 1. The van der Waals surface area contributed by atoms with Gasteiger partial charge >= 0.3 is 0 Å². The van der Waals surface area contributed by atoms with Gasteiger partial charge in [-0.05, 0) is 37.0 Å². The van der Waals surface area contributed by atoms with Crippen molar-refractivity contribution in [1.29, 1.82) is 0 Å². The van der Waals surface area contributed by atoms with Crippen LogP contribution in [0.15, 0.2) is 12.1 Å². The fourth-order valence-electron chi connectivity index (χ4n) is 1.64. The first kappa shape index (κ1) is 13.0. The van der Waals surface area contributed by atoms with Crippen molar-refractivity contribution in [2.75, 3.05) is 5.32 Å². The normalized spacial score (nSPS) is 10.6. The zero-order valence-electron chi connectivity index (χ0n) is 10.2. The Morgan fingerprint density at radius 3 is 2.50 bits per heavy atom. The molecule has 0 aromatic heterocycles. The molecule has 16 heavy (non-hydrogen) atoms. The summed E-state index contributed by atoms with van der Waals surface area (Å²) in [6, 6.07) is 3.87. The second-order valence-electron chi connectivity index (χ2n) is 4.58. The summed E-state index contributed by atoms with van der Waals surface area (Å²) in [5, 5.41) is 3.47. The Kier molecular flexibility index (Phi) is 4.36. The molecule has 0 fully saturated rings. The van der Waals surface area contributed by atoms with E-state index in [9.17, 15) is 4.79 Å². The number of nitrogens with one attached hydrogen (secondary N) is 1. The third kappa shape index (κ3) is 3.53. The first-order valence-electron chi connectivity index (χ1n) is 5.46. The van der Waals surface area contributed by atoms with E-state index in [0.717, 1.165) is 16.8 Å². The highest BCUT2D eigenvalue weighted by molar-refractivity contribution is 6.34. The monoisotopic (exact) mass is 239 g/mol. The minimum absolute atomic E-state index is 0.0175. The van der Waals surface area contributed by atoms with Crippen molar-refractivity contribution in [1.82, 2.24) is 0 Å². The van der Waals surface area contributed by atoms with Gasteiger partial charge < -0.3 is 5.32 Å². The average Bonchev–Trinajstić information content (AvgIpc) is 2.09. The van der Waals surface area contributed by atoms with Crippen molar-refractivity contribution in [3.05, 3.63) is 28.3 Å². The van der Waals surface area contributed by atoms with E-state index in [4.69, 9.17) is 11.6 Å². The van der Waals surface area contributed by atoms with E-state index >= 15 is 0 Å². The lowest BCUT2D eigenvalue weighted by atomic mass is 10.1. The van der Waals surface area contributed by atoms with Gasteiger partial charge in [0, 0.05) is 6.42 Å². The predicted molar refractivity (Wildman–Crippen MR) is 69.0 cm³/mol. The number of anilines is 1. The molecule has 88 valence electrons. The van der Waals surface area contributed by atoms with E-state index in [1.54, 1.807) is 0 Å². The number of carbonyl (C=O) groups excluding carboxylic acids is 1. The quantitative estimate of drug-likeness (QED) is 0.851. The molecular formula is C13H18ClNO. The van der Waals surface area contributed by atoms with Gasteiger partial charge in [-0.1, -0.05) is 31.5 Å². The van der Waals surface area contributed by atoms with Crippen LogP contribution in [0, 0.1) is 19.8 Å². The number of hydrogen-bond donors (Lipinski definition) is 1. The molecule has 0 unspecified atom stereocenters. The molecule has 1 aromatic rings. The summed E-state index contributed by atoms with van der Waals surface area (Å²) in [6.07, 6.45) is 0.518. The van der Waals surface area contributed by atoms with Gasteiger partial charge in [0.15, 0.2) is 0 Å². The van der Waals surface area contributed by atoms with Crippen LogP contribution in [-0.2, 0) is 4.79 Å². The van der Waals surface area contributed by atoms with Crippen molar-refractivity contribution in [3.8, 4) is 0 Å². The zero-order chi connectivity index (χ0) is 12.3. The fraction of sp³-hybridized carbons (Fsp3) is 0.462. The van der Waals surface area contributed by atoms with Gasteiger partial charge in [0.1, 0.15) is 0 Å². The Balaban J connectivity index is 2.85. The van der Waals surface area contributed by atoms with E-state index in [2.05, 4.69) is 5.32 Å². The summed E-state index contributed by atoms with van der Waals surface area (Å²) < 4.78 is 0. The molecule has 0 atom stereocenters. The van der Waals surface area contributed by atoms with Crippen LogP contribution in [-0.4, -0.2) is 5.91 Å². The van der Waals surface area contributed by atoms with Crippen LogP contribution < -0.4 is 5.32 Å². The van der Waals surface area contributed by atoms with Crippen LogP contribution in [0.1, 0.15) is 31.4 Å². The smallest absolute Gasteiger partial charge is 0.224 e. The topological polar surface area (TPSA) is 29.1 Å². The summed E-state index contributed by atoms with van der Waals surface area (Å²) >= 11 is 6.10. The van der Waals surface area contributed by atoms with Gasteiger partial charge in [-0.15, -0.1) is 0 Å². The maximum Gasteiger partial charge on any atom is 0.224 e. The Labute approximate surface area is 102 Å². The second-order valence-corrected chi connectivity index (χ2v) is 4.99. The lowest BCUT2D eigenvalue weighted by Gasteiger charge is -2.12. The number of hydrogen-bond acceptors (Lipinski definition) is 1. The molecule has 1 amide bonds. The van der Waals surface area contributed by atoms with Crippen LogP contribution in [0.5, 0.6) is 0 Å². The molecule has 2 nitrogen and oxygen atoms in total. The second kappa shape index (κ2) is 5.35. The lowest BCUT2D eigenvalue weighted by Crippen LogP contribution is -2.15. The molecule has 0 bridgehead atoms.